The fourth-order valence-electron chi connectivity index (χ4n) is 2.18. The highest BCUT2D eigenvalue weighted by Crippen LogP contribution is 2.20. The first-order chi connectivity index (χ1) is 12.4. The van der Waals surface area contributed by atoms with E-state index in [0.717, 1.165) is 0 Å². The summed E-state index contributed by atoms with van der Waals surface area (Å²) in [5.41, 5.74) is 2.28. The molecule has 2 aromatic rings. The Morgan fingerprint density at radius 2 is 1.88 bits per heavy atom. The van der Waals surface area contributed by atoms with Crippen molar-refractivity contribution in [2.24, 2.45) is 0 Å². The van der Waals surface area contributed by atoms with E-state index in [4.69, 9.17) is 5.11 Å². The number of aliphatic carboxylic acids is 1. The van der Waals surface area contributed by atoms with Crippen LogP contribution in [0.1, 0.15) is 11.1 Å². The van der Waals surface area contributed by atoms with Gasteiger partial charge in [0.2, 0.25) is 0 Å². The van der Waals surface area contributed by atoms with E-state index in [-0.39, 0.29) is 17.7 Å². The van der Waals surface area contributed by atoms with Crippen LogP contribution in [0.5, 0.6) is 5.75 Å². The zero-order valence-electron chi connectivity index (χ0n) is 14.0. The van der Waals surface area contributed by atoms with Gasteiger partial charge in [-0.3, -0.25) is 9.59 Å². The van der Waals surface area contributed by atoms with E-state index in [1.165, 1.54) is 18.3 Å². The quantitative estimate of drug-likeness (QED) is 0.361. The predicted molar refractivity (Wildman–Crippen MR) is 96.6 cm³/mol. The molecule has 0 saturated heterocycles. The number of hydrogen-bond acceptors (Lipinski definition) is 5. The average molecular weight is 351 g/mol. The summed E-state index contributed by atoms with van der Waals surface area (Å²) in [6.07, 6.45) is 1.20. The minimum Gasteiger partial charge on any atom is -0.508 e. The van der Waals surface area contributed by atoms with Crippen molar-refractivity contribution in [2.45, 2.75) is 13.3 Å². The van der Waals surface area contributed by atoms with Gasteiger partial charge in [0.15, 0.2) is 0 Å². The topological polar surface area (TPSA) is 122 Å². The number of amides is 1. The van der Waals surface area contributed by atoms with Crippen LogP contribution in [0.25, 0.3) is 0 Å². The number of carbonyl (C=O) groups is 2. The molecule has 0 aromatic heterocycles. The van der Waals surface area contributed by atoms with E-state index in [0.29, 0.717) is 22.5 Å². The first-order valence-corrected chi connectivity index (χ1v) is 7.67. The molecule has 0 unspecified atom stereocenters. The number of carbonyl (C=O) groups excluding carboxylic acids is 1. The largest absolute Gasteiger partial charge is 0.508 e. The lowest BCUT2D eigenvalue weighted by Crippen LogP contribution is -2.15. The van der Waals surface area contributed by atoms with Crippen LogP contribution in [0.15, 0.2) is 54.2 Å². The lowest BCUT2D eigenvalue weighted by atomic mass is 10.1. The smallest absolute Gasteiger partial charge is 0.307 e. The van der Waals surface area contributed by atoms with Crippen LogP contribution < -0.4 is 10.6 Å². The summed E-state index contributed by atoms with van der Waals surface area (Å²) in [7, 11) is 0. The zero-order chi connectivity index (χ0) is 19.1. The Bertz CT molecular complexity index is 896. The Labute approximate surface area is 150 Å². The summed E-state index contributed by atoms with van der Waals surface area (Å²) < 4.78 is 0. The second-order valence-corrected chi connectivity index (χ2v) is 5.53. The molecule has 0 aliphatic heterocycles. The van der Waals surface area contributed by atoms with Gasteiger partial charge in [-0.25, -0.2) is 0 Å². The maximum atomic E-state index is 12.2. The number of anilines is 2. The van der Waals surface area contributed by atoms with Crippen molar-refractivity contribution in [3.05, 3.63) is 65.4 Å². The summed E-state index contributed by atoms with van der Waals surface area (Å²) in [6.45, 7) is 1.72. The maximum Gasteiger partial charge on any atom is 0.307 e. The van der Waals surface area contributed by atoms with Crippen molar-refractivity contribution in [2.75, 3.05) is 10.6 Å². The fraction of sp³-hybridized carbons (Fsp3) is 0.105. The molecule has 0 radical (unpaired) electrons. The van der Waals surface area contributed by atoms with E-state index in [1.54, 1.807) is 37.3 Å². The Balaban J connectivity index is 2.06. The van der Waals surface area contributed by atoms with E-state index in [1.807, 2.05) is 6.07 Å². The third kappa shape index (κ3) is 5.11. The van der Waals surface area contributed by atoms with Crippen LogP contribution in [-0.2, 0) is 16.0 Å². The monoisotopic (exact) mass is 351 g/mol. The van der Waals surface area contributed by atoms with Gasteiger partial charge in [-0.05, 0) is 48.4 Å². The van der Waals surface area contributed by atoms with Crippen molar-refractivity contribution >= 4 is 23.3 Å². The average Bonchev–Trinajstić information content (AvgIpc) is 2.59. The van der Waals surface area contributed by atoms with Crippen LogP contribution >= 0.6 is 0 Å². The molecule has 26 heavy (non-hydrogen) atoms. The number of nitrogens with one attached hydrogen (secondary N) is 2. The molecule has 7 nitrogen and oxygen atoms in total. The Morgan fingerprint density at radius 1 is 1.19 bits per heavy atom. The molecule has 2 aromatic carbocycles. The van der Waals surface area contributed by atoms with Crippen LogP contribution in [0.4, 0.5) is 11.4 Å². The molecule has 0 bridgehead atoms. The lowest BCUT2D eigenvalue weighted by molar-refractivity contribution is -0.136. The standard InChI is InChI=1S/C19H17N3O4/c1-12-8-16(23)6-7-17(12)22-19(26)14(10-20)11-21-15-4-2-13(3-5-15)9-18(24)25/h2-8,11,21,23H,9H2,1H3,(H,22,26)(H,24,25)/b14-11-. The molecule has 0 aliphatic carbocycles. The number of phenols is 1. The number of phenolic OH excluding ortho intramolecular Hbond substituents is 1. The highest BCUT2D eigenvalue weighted by atomic mass is 16.4. The Hall–Kier alpha value is -3.79. The van der Waals surface area contributed by atoms with Gasteiger partial charge in [-0.2, -0.15) is 5.26 Å². The highest BCUT2D eigenvalue weighted by Gasteiger charge is 2.11. The number of hydrogen-bond donors (Lipinski definition) is 4. The van der Waals surface area contributed by atoms with E-state index in [2.05, 4.69) is 10.6 Å². The first-order valence-electron chi connectivity index (χ1n) is 7.67. The highest BCUT2D eigenvalue weighted by molar-refractivity contribution is 6.07. The van der Waals surface area contributed by atoms with E-state index in [9.17, 15) is 20.0 Å². The second-order valence-electron chi connectivity index (χ2n) is 5.53. The number of carboxylic acids is 1. The molecular weight excluding hydrogens is 334 g/mol. The van der Waals surface area contributed by atoms with Gasteiger partial charge in [-0.15, -0.1) is 0 Å². The Morgan fingerprint density at radius 3 is 2.46 bits per heavy atom. The van der Waals surface area contributed by atoms with Gasteiger partial charge in [0.1, 0.15) is 17.4 Å². The summed E-state index contributed by atoms with van der Waals surface area (Å²) in [6, 6.07) is 12.9. The number of benzene rings is 2. The molecular formula is C19H17N3O4. The number of aryl methyl sites for hydroxylation is 1. The summed E-state index contributed by atoms with van der Waals surface area (Å²) in [5, 5.41) is 32.8. The molecule has 132 valence electrons. The zero-order valence-corrected chi connectivity index (χ0v) is 14.0. The summed E-state index contributed by atoms with van der Waals surface area (Å²) in [5.74, 6) is -1.42. The molecule has 0 fully saturated rings. The third-order valence-electron chi connectivity index (χ3n) is 3.52. The predicted octanol–water partition coefficient (Wildman–Crippen LogP) is 2.79. The van der Waals surface area contributed by atoms with Gasteiger partial charge in [0, 0.05) is 17.6 Å². The minimum atomic E-state index is -0.918. The molecule has 1 amide bonds. The summed E-state index contributed by atoms with van der Waals surface area (Å²) >= 11 is 0. The summed E-state index contributed by atoms with van der Waals surface area (Å²) in [4.78, 5) is 22.9. The molecule has 4 N–H and O–H groups in total. The molecule has 0 saturated carbocycles. The van der Waals surface area contributed by atoms with Crippen molar-refractivity contribution in [3.63, 3.8) is 0 Å². The first kappa shape index (κ1) is 18.5. The molecule has 0 spiro atoms. The van der Waals surface area contributed by atoms with Crippen LogP contribution in [-0.4, -0.2) is 22.1 Å². The number of nitrogens with zero attached hydrogens (tertiary/aromatic N) is 1. The second kappa shape index (κ2) is 8.35. The van der Waals surface area contributed by atoms with Gasteiger partial charge < -0.3 is 20.8 Å². The number of rotatable bonds is 6. The molecule has 7 heteroatoms. The van der Waals surface area contributed by atoms with E-state index >= 15 is 0 Å². The van der Waals surface area contributed by atoms with Crippen molar-refractivity contribution in [3.8, 4) is 11.8 Å². The third-order valence-corrected chi connectivity index (χ3v) is 3.52. The van der Waals surface area contributed by atoms with Crippen molar-refractivity contribution in [1.82, 2.24) is 0 Å². The van der Waals surface area contributed by atoms with Crippen LogP contribution in [0.3, 0.4) is 0 Å². The van der Waals surface area contributed by atoms with Crippen LogP contribution in [0, 0.1) is 18.3 Å². The van der Waals surface area contributed by atoms with Crippen molar-refractivity contribution < 1.29 is 19.8 Å². The number of nitriles is 1. The lowest BCUT2D eigenvalue weighted by Gasteiger charge is -2.08. The maximum absolute atomic E-state index is 12.2. The van der Waals surface area contributed by atoms with Gasteiger partial charge in [0.05, 0.1) is 6.42 Å². The van der Waals surface area contributed by atoms with Crippen molar-refractivity contribution in [1.29, 1.82) is 5.26 Å². The molecule has 0 atom stereocenters. The fourth-order valence-corrected chi connectivity index (χ4v) is 2.18. The van der Waals surface area contributed by atoms with Crippen LogP contribution in [0.2, 0.25) is 0 Å². The SMILES string of the molecule is Cc1cc(O)ccc1NC(=O)/C(C#N)=C\Nc1ccc(CC(=O)O)cc1. The minimum absolute atomic E-state index is 0.0754. The van der Waals surface area contributed by atoms with Gasteiger partial charge in [-0.1, -0.05) is 12.1 Å². The number of aromatic hydroxyl groups is 1. The normalized spacial score (nSPS) is 10.7. The van der Waals surface area contributed by atoms with Gasteiger partial charge in [0.25, 0.3) is 5.91 Å². The molecule has 0 aliphatic rings. The molecule has 2 rings (SSSR count). The number of carboxylic acid groups (broad SMARTS) is 1. The van der Waals surface area contributed by atoms with E-state index < -0.39 is 11.9 Å². The Kier molecular flexibility index (Phi) is 5.96. The molecule has 0 heterocycles. The van der Waals surface area contributed by atoms with Gasteiger partial charge >= 0.3 is 5.97 Å².